The Morgan fingerprint density at radius 3 is 2.30 bits per heavy atom. The van der Waals surface area contributed by atoms with E-state index in [4.69, 9.17) is 5.11 Å². The Hall–Kier alpha value is -1.31. The summed E-state index contributed by atoms with van der Waals surface area (Å²) in [4.78, 5) is 25.8. The van der Waals surface area contributed by atoms with Crippen LogP contribution in [-0.2, 0) is 14.6 Å². The van der Waals surface area contributed by atoms with Crippen LogP contribution in [-0.4, -0.2) is 74.0 Å². The monoisotopic (exact) mass is 306 g/mol. The lowest BCUT2D eigenvalue weighted by atomic mass is 9.94. The van der Waals surface area contributed by atoms with Crippen LogP contribution in [0.3, 0.4) is 0 Å². The van der Waals surface area contributed by atoms with E-state index in [-0.39, 0.29) is 30.7 Å². The van der Waals surface area contributed by atoms with Crippen LogP contribution in [0.4, 0.5) is 4.79 Å². The molecule has 20 heavy (non-hydrogen) atoms. The fraction of sp³-hybridized carbons (Fsp3) is 0.833. The van der Waals surface area contributed by atoms with Gasteiger partial charge < -0.3 is 14.9 Å². The molecule has 0 atom stereocenters. The lowest BCUT2D eigenvalue weighted by molar-refractivity contribution is -0.138. The number of amides is 2. The van der Waals surface area contributed by atoms with Gasteiger partial charge in [-0.25, -0.2) is 13.2 Å². The molecule has 0 aromatic heterocycles. The van der Waals surface area contributed by atoms with Gasteiger partial charge in [0.05, 0.1) is 5.75 Å². The molecule has 0 spiro atoms. The van der Waals surface area contributed by atoms with Gasteiger partial charge in [0.2, 0.25) is 0 Å². The minimum atomic E-state index is -3.08. The van der Waals surface area contributed by atoms with Crippen LogP contribution in [0, 0.1) is 5.92 Å². The number of nitrogens with zero attached hydrogens (tertiary/aromatic N) is 2. The molecule has 116 valence electrons. The molecule has 1 saturated heterocycles. The first-order chi connectivity index (χ1) is 9.19. The Morgan fingerprint density at radius 1 is 1.30 bits per heavy atom. The number of carboxylic acid groups (broad SMARTS) is 1. The van der Waals surface area contributed by atoms with E-state index in [1.54, 1.807) is 11.9 Å². The summed E-state index contributed by atoms with van der Waals surface area (Å²) in [6, 6.07) is -0.192. The van der Waals surface area contributed by atoms with Crippen LogP contribution >= 0.6 is 0 Å². The van der Waals surface area contributed by atoms with Gasteiger partial charge in [-0.1, -0.05) is 0 Å². The standard InChI is InChI=1S/C12H22N2O5S/c1-13(7-8-20(2,18)19)12(17)14-5-3-10(4-6-14)9-11(15)16/h10H,3-9H2,1-2H3,(H,15,16). The summed E-state index contributed by atoms with van der Waals surface area (Å²) in [6.07, 6.45) is 2.64. The fourth-order valence-corrected chi connectivity index (χ4v) is 2.82. The molecular weight excluding hydrogens is 284 g/mol. The molecule has 0 unspecified atom stereocenters. The zero-order valence-electron chi connectivity index (χ0n) is 11.9. The summed E-state index contributed by atoms with van der Waals surface area (Å²) in [5.41, 5.74) is 0. The van der Waals surface area contributed by atoms with Gasteiger partial charge in [-0.2, -0.15) is 0 Å². The molecule has 0 radical (unpaired) electrons. The second kappa shape index (κ2) is 6.92. The van der Waals surface area contributed by atoms with Crippen LogP contribution < -0.4 is 0 Å². The molecule has 7 nitrogen and oxygen atoms in total. The molecule has 8 heteroatoms. The van der Waals surface area contributed by atoms with Crippen LogP contribution in [0.2, 0.25) is 0 Å². The van der Waals surface area contributed by atoms with E-state index in [9.17, 15) is 18.0 Å². The van der Waals surface area contributed by atoms with Crippen molar-refractivity contribution in [1.29, 1.82) is 0 Å². The molecule has 1 rings (SSSR count). The maximum atomic E-state index is 12.1. The predicted octanol–water partition coefficient (Wildman–Crippen LogP) is 0.270. The second-order valence-electron chi connectivity index (χ2n) is 5.36. The van der Waals surface area contributed by atoms with Gasteiger partial charge in [-0.3, -0.25) is 4.79 Å². The van der Waals surface area contributed by atoms with Gasteiger partial charge in [0.15, 0.2) is 0 Å². The Labute approximate surface area is 119 Å². The average molecular weight is 306 g/mol. The van der Waals surface area contributed by atoms with Crippen molar-refractivity contribution < 1.29 is 23.1 Å². The van der Waals surface area contributed by atoms with Crippen molar-refractivity contribution in [3.63, 3.8) is 0 Å². The van der Waals surface area contributed by atoms with E-state index < -0.39 is 15.8 Å². The van der Waals surface area contributed by atoms with Crippen LogP contribution in [0.15, 0.2) is 0 Å². The van der Waals surface area contributed by atoms with Gasteiger partial charge in [0.25, 0.3) is 0 Å². The number of carbonyl (C=O) groups is 2. The quantitative estimate of drug-likeness (QED) is 0.786. The zero-order valence-corrected chi connectivity index (χ0v) is 12.7. The maximum Gasteiger partial charge on any atom is 0.319 e. The summed E-state index contributed by atoms with van der Waals surface area (Å²) in [5, 5.41) is 8.73. The minimum absolute atomic E-state index is 0.0509. The Bertz CT molecular complexity index is 454. The highest BCUT2D eigenvalue weighted by atomic mass is 32.2. The Kier molecular flexibility index (Phi) is 5.79. The number of carboxylic acids is 1. The molecule has 2 amide bonds. The number of piperidine rings is 1. The van der Waals surface area contributed by atoms with Crippen LogP contribution in [0.5, 0.6) is 0 Å². The zero-order chi connectivity index (χ0) is 15.3. The molecule has 1 N–H and O–H groups in total. The highest BCUT2D eigenvalue weighted by Gasteiger charge is 2.26. The minimum Gasteiger partial charge on any atom is -0.481 e. The Balaban J connectivity index is 2.40. The third-order valence-corrected chi connectivity index (χ3v) is 4.40. The van der Waals surface area contributed by atoms with Crippen molar-refractivity contribution in [1.82, 2.24) is 9.80 Å². The van der Waals surface area contributed by atoms with Crippen molar-refractivity contribution in [2.24, 2.45) is 5.92 Å². The van der Waals surface area contributed by atoms with Crippen molar-refractivity contribution in [2.45, 2.75) is 19.3 Å². The van der Waals surface area contributed by atoms with E-state index in [2.05, 4.69) is 0 Å². The van der Waals surface area contributed by atoms with E-state index in [0.717, 1.165) is 6.26 Å². The molecular formula is C12H22N2O5S. The Morgan fingerprint density at radius 2 is 1.85 bits per heavy atom. The number of sulfone groups is 1. The van der Waals surface area contributed by atoms with Crippen molar-refractivity contribution in [3.8, 4) is 0 Å². The van der Waals surface area contributed by atoms with Gasteiger partial charge in [-0.15, -0.1) is 0 Å². The van der Waals surface area contributed by atoms with Crippen molar-refractivity contribution in [2.75, 3.05) is 38.7 Å². The summed E-state index contributed by atoms with van der Waals surface area (Å²) < 4.78 is 22.1. The van der Waals surface area contributed by atoms with Crippen molar-refractivity contribution in [3.05, 3.63) is 0 Å². The molecule has 1 heterocycles. The van der Waals surface area contributed by atoms with Crippen molar-refractivity contribution >= 4 is 21.8 Å². The van der Waals surface area contributed by atoms with Gasteiger partial charge in [0, 0.05) is 39.4 Å². The molecule has 0 aromatic rings. The fourth-order valence-electron chi connectivity index (χ4n) is 2.22. The SMILES string of the molecule is CN(CCS(C)(=O)=O)C(=O)N1CCC(CC(=O)O)CC1. The summed E-state index contributed by atoms with van der Waals surface area (Å²) in [6.45, 7) is 1.23. The largest absolute Gasteiger partial charge is 0.481 e. The van der Waals surface area contributed by atoms with E-state index in [1.807, 2.05) is 0 Å². The molecule has 0 bridgehead atoms. The molecule has 0 saturated carbocycles. The summed E-state index contributed by atoms with van der Waals surface area (Å²) >= 11 is 0. The number of rotatable bonds is 5. The highest BCUT2D eigenvalue weighted by Crippen LogP contribution is 2.21. The highest BCUT2D eigenvalue weighted by molar-refractivity contribution is 7.90. The first-order valence-electron chi connectivity index (χ1n) is 6.58. The maximum absolute atomic E-state index is 12.1. The molecule has 1 fully saturated rings. The molecule has 0 aliphatic carbocycles. The van der Waals surface area contributed by atoms with E-state index in [1.165, 1.54) is 4.90 Å². The second-order valence-corrected chi connectivity index (χ2v) is 7.62. The topological polar surface area (TPSA) is 95.0 Å². The summed E-state index contributed by atoms with van der Waals surface area (Å²) in [7, 11) is -1.50. The number of hydrogen-bond acceptors (Lipinski definition) is 4. The number of aliphatic carboxylic acids is 1. The van der Waals surface area contributed by atoms with E-state index >= 15 is 0 Å². The van der Waals surface area contributed by atoms with Gasteiger partial charge in [0.1, 0.15) is 9.84 Å². The molecule has 1 aliphatic rings. The average Bonchev–Trinajstić information content (AvgIpc) is 2.34. The predicted molar refractivity (Wildman–Crippen MR) is 74.3 cm³/mol. The lowest BCUT2D eigenvalue weighted by Gasteiger charge is -2.34. The van der Waals surface area contributed by atoms with Crippen LogP contribution in [0.1, 0.15) is 19.3 Å². The van der Waals surface area contributed by atoms with Crippen LogP contribution in [0.25, 0.3) is 0 Å². The normalized spacial score (nSPS) is 17.0. The molecule has 1 aliphatic heterocycles. The number of urea groups is 1. The third kappa shape index (κ3) is 5.77. The number of likely N-dealkylation sites (tertiary alicyclic amines) is 1. The lowest BCUT2D eigenvalue weighted by Crippen LogP contribution is -2.46. The first kappa shape index (κ1) is 16.7. The van der Waals surface area contributed by atoms with Gasteiger partial charge in [-0.05, 0) is 18.8 Å². The first-order valence-corrected chi connectivity index (χ1v) is 8.64. The smallest absolute Gasteiger partial charge is 0.319 e. The number of hydrogen-bond donors (Lipinski definition) is 1. The van der Waals surface area contributed by atoms with E-state index in [0.29, 0.717) is 25.9 Å². The number of carbonyl (C=O) groups excluding carboxylic acids is 1. The summed E-state index contributed by atoms with van der Waals surface area (Å²) in [5.74, 6) is -0.733. The molecule has 0 aromatic carbocycles. The third-order valence-electron chi connectivity index (χ3n) is 3.47. The van der Waals surface area contributed by atoms with Gasteiger partial charge >= 0.3 is 12.0 Å².